The van der Waals surface area contributed by atoms with Crippen LogP contribution in [0, 0.1) is 5.92 Å². The third kappa shape index (κ3) is 3.04. The number of thiazole rings is 1. The van der Waals surface area contributed by atoms with E-state index < -0.39 is 0 Å². The smallest absolute Gasteiger partial charge is 0.107 e. The van der Waals surface area contributed by atoms with Gasteiger partial charge in [0, 0.05) is 48.1 Å². The van der Waals surface area contributed by atoms with Gasteiger partial charge in [0.15, 0.2) is 0 Å². The Morgan fingerprint density at radius 3 is 2.75 bits per heavy atom. The van der Waals surface area contributed by atoms with Crippen LogP contribution >= 0.6 is 22.9 Å². The van der Waals surface area contributed by atoms with Gasteiger partial charge in [-0.1, -0.05) is 23.7 Å². The first-order valence-corrected chi connectivity index (χ1v) is 7.99. The fraction of sp³-hybridized carbons (Fsp3) is 0.400. The van der Waals surface area contributed by atoms with Gasteiger partial charge in [-0.15, -0.1) is 11.3 Å². The summed E-state index contributed by atoms with van der Waals surface area (Å²) in [5, 5.41) is 13.5. The summed E-state index contributed by atoms with van der Waals surface area (Å²) in [6.07, 6.45) is 1.84. The SMILES string of the molecule is OC[C@@H]1CN(Cc2nccs2)C[C@H]1c1ccc(Cl)cc1. The Balaban J connectivity index is 1.72. The minimum absolute atomic E-state index is 0.224. The molecule has 3 nitrogen and oxygen atoms in total. The zero-order valence-electron chi connectivity index (χ0n) is 11.1. The molecule has 1 saturated heterocycles. The van der Waals surface area contributed by atoms with Crippen molar-refractivity contribution in [2.24, 2.45) is 5.92 Å². The zero-order chi connectivity index (χ0) is 13.9. The Bertz CT molecular complexity index is 544. The minimum Gasteiger partial charge on any atom is -0.396 e. The maximum absolute atomic E-state index is 9.63. The number of hydrogen-bond donors (Lipinski definition) is 1. The van der Waals surface area contributed by atoms with Gasteiger partial charge in [-0.3, -0.25) is 4.90 Å². The molecule has 1 fully saturated rings. The molecule has 0 radical (unpaired) electrons. The summed E-state index contributed by atoms with van der Waals surface area (Å²) in [7, 11) is 0. The number of rotatable bonds is 4. The summed E-state index contributed by atoms with van der Waals surface area (Å²) in [4.78, 5) is 6.71. The number of hydrogen-bond acceptors (Lipinski definition) is 4. The summed E-state index contributed by atoms with van der Waals surface area (Å²) >= 11 is 7.63. The Labute approximate surface area is 127 Å². The molecule has 0 unspecified atom stereocenters. The molecule has 1 aromatic carbocycles. The second-order valence-corrected chi connectivity index (χ2v) is 6.64. The van der Waals surface area contributed by atoms with Gasteiger partial charge in [-0.25, -0.2) is 4.98 Å². The van der Waals surface area contributed by atoms with Crippen LogP contribution in [0.3, 0.4) is 0 Å². The molecule has 0 aliphatic carbocycles. The molecule has 2 heterocycles. The molecule has 5 heteroatoms. The molecule has 1 aliphatic heterocycles. The van der Waals surface area contributed by atoms with Gasteiger partial charge in [-0.2, -0.15) is 0 Å². The molecule has 0 bridgehead atoms. The van der Waals surface area contributed by atoms with E-state index in [1.54, 1.807) is 11.3 Å². The highest BCUT2D eigenvalue weighted by Gasteiger charge is 2.33. The molecule has 2 aromatic rings. The number of benzene rings is 1. The number of nitrogens with zero attached hydrogens (tertiary/aromatic N) is 2. The lowest BCUT2D eigenvalue weighted by Crippen LogP contribution is -2.20. The van der Waals surface area contributed by atoms with Crippen molar-refractivity contribution in [3.8, 4) is 0 Å². The van der Waals surface area contributed by atoms with Crippen molar-refractivity contribution in [3.63, 3.8) is 0 Å². The normalized spacial score (nSPS) is 23.3. The number of aliphatic hydroxyl groups excluding tert-OH is 1. The Morgan fingerprint density at radius 1 is 1.30 bits per heavy atom. The maximum atomic E-state index is 9.63. The van der Waals surface area contributed by atoms with Gasteiger partial charge in [0.25, 0.3) is 0 Å². The Hall–Kier alpha value is -0.940. The van der Waals surface area contributed by atoms with E-state index in [2.05, 4.69) is 22.0 Å². The quantitative estimate of drug-likeness (QED) is 0.943. The standard InChI is InChI=1S/C15H17ClN2OS/c16-13-3-1-11(2-4-13)14-8-18(7-12(14)10-19)9-15-17-5-6-20-15/h1-6,12,14,19H,7-10H2/t12-,14-/m0/s1. The van der Waals surface area contributed by atoms with Gasteiger partial charge >= 0.3 is 0 Å². The monoisotopic (exact) mass is 308 g/mol. The molecule has 0 amide bonds. The maximum Gasteiger partial charge on any atom is 0.107 e. The molecular weight excluding hydrogens is 292 g/mol. The largest absolute Gasteiger partial charge is 0.396 e. The van der Waals surface area contributed by atoms with Crippen molar-refractivity contribution in [1.82, 2.24) is 9.88 Å². The van der Waals surface area contributed by atoms with Crippen LogP contribution in [0.2, 0.25) is 5.02 Å². The molecule has 20 heavy (non-hydrogen) atoms. The topological polar surface area (TPSA) is 36.4 Å². The van der Waals surface area contributed by atoms with Crippen molar-refractivity contribution in [1.29, 1.82) is 0 Å². The van der Waals surface area contributed by atoms with E-state index >= 15 is 0 Å². The predicted molar refractivity (Wildman–Crippen MR) is 82.2 cm³/mol. The summed E-state index contributed by atoms with van der Waals surface area (Å²) in [5.74, 6) is 0.661. The molecule has 1 aliphatic rings. The van der Waals surface area contributed by atoms with E-state index in [1.165, 1.54) is 5.56 Å². The van der Waals surface area contributed by atoms with Crippen LogP contribution in [-0.2, 0) is 6.54 Å². The van der Waals surface area contributed by atoms with Crippen LogP contribution < -0.4 is 0 Å². The van der Waals surface area contributed by atoms with Crippen molar-refractivity contribution in [3.05, 3.63) is 51.4 Å². The van der Waals surface area contributed by atoms with E-state index in [1.807, 2.05) is 23.7 Å². The third-order valence-corrected chi connectivity index (χ3v) is 4.91. The molecular formula is C15H17ClN2OS. The van der Waals surface area contributed by atoms with E-state index in [0.29, 0.717) is 5.92 Å². The minimum atomic E-state index is 0.224. The average molecular weight is 309 g/mol. The second-order valence-electron chi connectivity index (χ2n) is 5.22. The van der Waals surface area contributed by atoms with Crippen molar-refractivity contribution >= 4 is 22.9 Å². The van der Waals surface area contributed by atoms with Gasteiger partial charge in [-0.05, 0) is 17.7 Å². The molecule has 0 saturated carbocycles. The number of aromatic nitrogens is 1. The summed E-state index contributed by atoms with van der Waals surface area (Å²) in [5.41, 5.74) is 1.26. The van der Waals surface area contributed by atoms with E-state index in [9.17, 15) is 5.11 Å². The van der Waals surface area contributed by atoms with Crippen LogP contribution in [0.25, 0.3) is 0 Å². The number of halogens is 1. The van der Waals surface area contributed by atoms with E-state index in [0.717, 1.165) is 29.7 Å². The molecule has 106 valence electrons. The number of aliphatic hydroxyl groups is 1. The van der Waals surface area contributed by atoms with Crippen molar-refractivity contribution in [2.75, 3.05) is 19.7 Å². The van der Waals surface area contributed by atoms with Gasteiger partial charge in [0.1, 0.15) is 5.01 Å². The molecule has 0 spiro atoms. The first kappa shape index (κ1) is 14.0. The summed E-state index contributed by atoms with van der Waals surface area (Å²) in [6.45, 7) is 2.98. The highest BCUT2D eigenvalue weighted by Crippen LogP contribution is 2.33. The average Bonchev–Trinajstić information content (AvgIpc) is 3.09. The molecule has 1 aromatic heterocycles. The van der Waals surface area contributed by atoms with Gasteiger partial charge < -0.3 is 5.11 Å². The lowest BCUT2D eigenvalue weighted by Gasteiger charge is -2.16. The molecule has 2 atom stereocenters. The van der Waals surface area contributed by atoms with Crippen LogP contribution in [0.4, 0.5) is 0 Å². The fourth-order valence-electron chi connectivity index (χ4n) is 2.88. The molecule has 3 rings (SSSR count). The first-order chi connectivity index (χ1) is 9.76. The van der Waals surface area contributed by atoms with E-state index in [4.69, 9.17) is 11.6 Å². The van der Waals surface area contributed by atoms with Gasteiger partial charge in [0.05, 0.1) is 6.54 Å². The Kier molecular flexibility index (Phi) is 4.36. The van der Waals surface area contributed by atoms with Crippen LogP contribution in [0.15, 0.2) is 35.8 Å². The summed E-state index contributed by atoms with van der Waals surface area (Å²) < 4.78 is 0. The highest BCUT2D eigenvalue weighted by atomic mass is 35.5. The van der Waals surface area contributed by atoms with Crippen LogP contribution in [0.5, 0.6) is 0 Å². The van der Waals surface area contributed by atoms with Crippen molar-refractivity contribution < 1.29 is 5.11 Å². The van der Waals surface area contributed by atoms with Crippen molar-refractivity contribution in [2.45, 2.75) is 12.5 Å². The summed E-state index contributed by atoms with van der Waals surface area (Å²) in [6, 6.07) is 7.99. The van der Waals surface area contributed by atoms with Crippen LogP contribution in [-0.4, -0.2) is 34.7 Å². The third-order valence-electron chi connectivity index (χ3n) is 3.89. The Morgan fingerprint density at radius 2 is 2.10 bits per heavy atom. The van der Waals surface area contributed by atoms with E-state index in [-0.39, 0.29) is 12.5 Å². The lowest BCUT2D eigenvalue weighted by molar-refractivity contribution is 0.214. The second kappa shape index (κ2) is 6.22. The highest BCUT2D eigenvalue weighted by molar-refractivity contribution is 7.09. The first-order valence-electron chi connectivity index (χ1n) is 6.73. The zero-order valence-corrected chi connectivity index (χ0v) is 12.6. The fourth-order valence-corrected chi connectivity index (χ4v) is 3.67. The predicted octanol–water partition coefficient (Wildman–Crippen LogP) is 3.00. The van der Waals surface area contributed by atoms with Gasteiger partial charge in [0.2, 0.25) is 0 Å². The number of likely N-dealkylation sites (tertiary alicyclic amines) is 1. The molecule has 1 N–H and O–H groups in total. The lowest BCUT2D eigenvalue weighted by atomic mass is 9.90. The van der Waals surface area contributed by atoms with Crippen LogP contribution in [0.1, 0.15) is 16.5 Å².